The average Bonchev–Trinajstić information content (AvgIpc) is 2.16. The predicted octanol–water partition coefficient (Wildman–Crippen LogP) is 1.56. The van der Waals surface area contributed by atoms with E-state index in [4.69, 9.17) is 4.74 Å². The van der Waals surface area contributed by atoms with Gasteiger partial charge in [0, 0.05) is 20.0 Å². The van der Waals surface area contributed by atoms with Gasteiger partial charge >= 0.3 is 5.97 Å². The number of nitrogens with zero attached hydrogens (tertiary/aromatic N) is 1. The Hall–Kier alpha value is -2.11. The van der Waals surface area contributed by atoms with Gasteiger partial charge in [-0.05, 0) is 6.07 Å². The molecule has 0 aromatic heterocycles. The fourth-order valence-electron chi connectivity index (χ4n) is 1.07. The molecule has 6 nitrogen and oxygen atoms in total. The third-order valence-corrected chi connectivity index (χ3v) is 1.70. The molecule has 0 aliphatic carbocycles. The van der Waals surface area contributed by atoms with Crippen molar-refractivity contribution in [2.24, 2.45) is 0 Å². The van der Waals surface area contributed by atoms with E-state index in [0.29, 0.717) is 5.69 Å². The molecule has 0 fully saturated rings. The molecule has 6 heteroatoms. The molecule has 1 aromatic carbocycles. The Morgan fingerprint density at radius 2 is 2.20 bits per heavy atom. The molecule has 0 bridgehead atoms. The molecular formula is C9H10N2O4. The first-order chi connectivity index (χ1) is 7.04. The van der Waals surface area contributed by atoms with E-state index < -0.39 is 10.9 Å². The Kier molecular flexibility index (Phi) is 3.22. The van der Waals surface area contributed by atoms with Crippen molar-refractivity contribution in [1.29, 1.82) is 0 Å². The van der Waals surface area contributed by atoms with Crippen LogP contribution in [0.25, 0.3) is 0 Å². The Morgan fingerprint density at radius 3 is 2.67 bits per heavy atom. The first kappa shape index (κ1) is 11.0. The Labute approximate surface area is 86.0 Å². The van der Waals surface area contributed by atoms with Crippen LogP contribution in [0.1, 0.15) is 6.92 Å². The second kappa shape index (κ2) is 4.41. The van der Waals surface area contributed by atoms with Crippen LogP contribution in [0.4, 0.5) is 11.4 Å². The van der Waals surface area contributed by atoms with E-state index in [1.54, 1.807) is 7.05 Å². The lowest BCUT2D eigenvalue weighted by atomic mass is 10.2. The molecule has 0 heterocycles. The summed E-state index contributed by atoms with van der Waals surface area (Å²) in [5.41, 5.74) is 0.404. The number of carbonyl (C=O) groups is 1. The van der Waals surface area contributed by atoms with E-state index in [-0.39, 0.29) is 11.4 Å². The molecule has 80 valence electrons. The zero-order valence-electron chi connectivity index (χ0n) is 8.31. The summed E-state index contributed by atoms with van der Waals surface area (Å²) in [7, 11) is 1.63. The second-order valence-corrected chi connectivity index (χ2v) is 2.78. The fraction of sp³-hybridized carbons (Fsp3) is 0.222. The number of carbonyl (C=O) groups excluding carboxylic acids is 1. The summed E-state index contributed by atoms with van der Waals surface area (Å²) in [4.78, 5) is 20.7. The van der Waals surface area contributed by atoms with Gasteiger partial charge in [0.05, 0.1) is 16.7 Å². The van der Waals surface area contributed by atoms with E-state index in [1.165, 1.54) is 25.1 Å². The molecule has 0 spiro atoms. The zero-order chi connectivity index (χ0) is 11.4. The summed E-state index contributed by atoms with van der Waals surface area (Å²) in [6, 6.07) is 4.02. The number of ether oxygens (including phenoxy) is 1. The summed E-state index contributed by atoms with van der Waals surface area (Å²) < 4.78 is 4.82. The molecule has 0 radical (unpaired) electrons. The van der Waals surface area contributed by atoms with Gasteiger partial charge < -0.3 is 10.1 Å². The van der Waals surface area contributed by atoms with Crippen LogP contribution >= 0.6 is 0 Å². The number of nitro benzene ring substituents is 1. The molecule has 0 amide bonds. The van der Waals surface area contributed by atoms with Crippen molar-refractivity contribution in [2.45, 2.75) is 6.92 Å². The maximum atomic E-state index is 10.7. The largest absolute Gasteiger partial charge is 0.424 e. The number of hydrogen-bond acceptors (Lipinski definition) is 5. The van der Waals surface area contributed by atoms with Gasteiger partial charge in [0.1, 0.15) is 0 Å². The molecule has 0 atom stereocenters. The van der Waals surface area contributed by atoms with Crippen LogP contribution in [-0.2, 0) is 4.79 Å². The van der Waals surface area contributed by atoms with Gasteiger partial charge in [-0.2, -0.15) is 0 Å². The maximum absolute atomic E-state index is 10.7. The highest BCUT2D eigenvalue weighted by Gasteiger charge is 2.12. The number of esters is 1. The minimum atomic E-state index is -0.549. The number of rotatable bonds is 3. The first-order valence-electron chi connectivity index (χ1n) is 4.19. The van der Waals surface area contributed by atoms with E-state index in [0.717, 1.165) is 0 Å². The molecule has 0 saturated carbocycles. The van der Waals surface area contributed by atoms with E-state index in [1.807, 2.05) is 0 Å². The smallest absolute Gasteiger partial charge is 0.308 e. The first-order valence-corrected chi connectivity index (χ1v) is 4.19. The van der Waals surface area contributed by atoms with Crippen LogP contribution in [0.3, 0.4) is 0 Å². The van der Waals surface area contributed by atoms with E-state index >= 15 is 0 Å². The number of nitrogens with one attached hydrogen (secondary N) is 1. The van der Waals surface area contributed by atoms with Crippen LogP contribution < -0.4 is 10.1 Å². The van der Waals surface area contributed by atoms with Crippen LogP contribution in [0, 0.1) is 10.1 Å². The zero-order valence-corrected chi connectivity index (χ0v) is 8.31. The molecule has 0 aliphatic rings. The molecule has 1 rings (SSSR count). The predicted molar refractivity (Wildman–Crippen MR) is 54.0 cm³/mol. The molecule has 1 aromatic rings. The van der Waals surface area contributed by atoms with Crippen molar-refractivity contribution in [3.05, 3.63) is 28.3 Å². The Morgan fingerprint density at radius 1 is 1.53 bits per heavy atom. The lowest BCUT2D eigenvalue weighted by Gasteiger charge is -2.07. The molecule has 0 unspecified atom stereocenters. The van der Waals surface area contributed by atoms with Gasteiger partial charge in [0.2, 0.25) is 0 Å². The summed E-state index contributed by atoms with van der Waals surface area (Å²) in [6.45, 7) is 1.23. The van der Waals surface area contributed by atoms with Crippen molar-refractivity contribution >= 4 is 17.3 Å². The van der Waals surface area contributed by atoms with E-state index in [2.05, 4.69) is 5.32 Å². The van der Waals surface area contributed by atoms with Crippen molar-refractivity contribution < 1.29 is 14.5 Å². The Balaban J connectivity index is 3.12. The lowest BCUT2D eigenvalue weighted by molar-refractivity contribution is -0.384. The van der Waals surface area contributed by atoms with Crippen LogP contribution in [-0.4, -0.2) is 17.9 Å². The molecule has 15 heavy (non-hydrogen) atoms. The SMILES string of the molecule is CNc1ccc([N+](=O)[O-])cc1OC(C)=O. The van der Waals surface area contributed by atoms with Gasteiger partial charge in [-0.25, -0.2) is 0 Å². The molecular weight excluding hydrogens is 200 g/mol. The van der Waals surface area contributed by atoms with Crippen LogP contribution in [0.5, 0.6) is 5.75 Å². The third kappa shape index (κ3) is 2.67. The van der Waals surface area contributed by atoms with Crippen molar-refractivity contribution in [3.8, 4) is 5.75 Å². The maximum Gasteiger partial charge on any atom is 0.308 e. The standard InChI is InChI=1S/C9H10N2O4/c1-6(12)15-9-5-7(11(13)14)3-4-8(9)10-2/h3-5,10H,1-2H3. The second-order valence-electron chi connectivity index (χ2n) is 2.78. The third-order valence-electron chi connectivity index (χ3n) is 1.70. The normalized spacial score (nSPS) is 9.47. The summed E-state index contributed by atoms with van der Waals surface area (Å²) >= 11 is 0. The van der Waals surface area contributed by atoms with Crippen molar-refractivity contribution in [3.63, 3.8) is 0 Å². The summed E-state index contributed by atoms with van der Waals surface area (Å²) in [5, 5.41) is 13.3. The number of non-ortho nitro benzene ring substituents is 1. The fourth-order valence-corrected chi connectivity index (χ4v) is 1.07. The highest BCUT2D eigenvalue weighted by molar-refractivity contribution is 5.73. The highest BCUT2D eigenvalue weighted by Crippen LogP contribution is 2.28. The van der Waals surface area contributed by atoms with Gasteiger partial charge in [-0.15, -0.1) is 0 Å². The van der Waals surface area contributed by atoms with Crippen molar-refractivity contribution in [2.75, 3.05) is 12.4 Å². The monoisotopic (exact) mass is 210 g/mol. The van der Waals surface area contributed by atoms with Gasteiger partial charge in [0.15, 0.2) is 5.75 Å². The quantitative estimate of drug-likeness (QED) is 0.354. The highest BCUT2D eigenvalue weighted by atomic mass is 16.6. The van der Waals surface area contributed by atoms with Gasteiger partial charge in [-0.3, -0.25) is 14.9 Å². The van der Waals surface area contributed by atoms with Gasteiger partial charge in [0.25, 0.3) is 5.69 Å². The Bertz CT molecular complexity index is 403. The molecule has 0 saturated heterocycles. The minimum Gasteiger partial charge on any atom is -0.424 e. The van der Waals surface area contributed by atoms with Gasteiger partial charge in [-0.1, -0.05) is 0 Å². The number of hydrogen-bond donors (Lipinski definition) is 1. The topological polar surface area (TPSA) is 81.5 Å². The number of nitro groups is 1. The van der Waals surface area contributed by atoms with E-state index in [9.17, 15) is 14.9 Å². The number of anilines is 1. The van der Waals surface area contributed by atoms with Crippen LogP contribution in [0.2, 0.25) is 0 Å². The minimum absolute atomic E-state index is 0.120. The van der Waals surface area contributed by atoms with Crippen LogP contribution in [0.15, 0.2) is 18.2 Å². The molecule has 1 N–H and O–H groups in total. The summed E-state index contributed by atoms with van der Waals surface area (Å²) in [6.07, 6.45) is 0. The molecule has 0 aliphatic heterocycles. The summed E-state index contributed by atoms with van der Waals surface area (Å²) in [5.74, 6) is -0.369. The van der Waals surface area contributed by atoms with Crippen molar-refractivity contribution in [1.82, 2.24) is 0 Å². The number of benzene rings is 1. The lowest BCUT2D eigenvalue weighted by Crippen LogP contribution is -2.04. The average molecular weight is 210 g/mol.